The molecular formula is C13H18N2O3. The number of carbonyl (C=O) groups excluding carboxylic acids is 1. The number of aliphatic hydroxyl groups is 1. The van der Waals surface area contributed by atoms with Crippen molar-refractivity contribution in [3.63, 3.8) is 0 Å². The molecule has 1 heterocycles. The molecule has 2 unspecified atom stereocenters. The fraction of sp³-hybridized carbons (Fsp3) is 0.538. The Morgan fingerprint density at radius 1 is 1.39 bits per heavy atom. The molecule has 5 nitrogen and oxygen atoms in total. The van der Waals surface area contributed by atoms with Gasteiger partial charge in [-0.25, -0.2) is 0 Å². The molecule has 0 bridgehead atoms. The Morgan fingerprint density at radius 3 is 2.78 bits per heavy atom. The lowest BCUT2D eigenvalue weighted by molar-refractivity contribution is 0.0716. The summed E-state index contributed by atoms with van der Waals surface area (Å²) in [5.74, 6) is -0.239. The Labute approximate surface area is 105 Å². The number of nitrogens with zero attached hydrogens (tertiary/aromatic N) is 1. The van der Waals surface area contributed by atoms with Gasteiger partial charge in [0.25, 0.3) is 5.91 Å². The van der Waals surface area contributed by atoms with E-state index in [-0.39, 0.29) is 17.5 Å². The molecular weight excluding hydrogens is 232 g/mol. The van der Waals surface area contributed by atoms with Crippen LogP contribution >= 0.6 is 0 Å². The molecule has 0 saturated heterocycles. The van der Waals surface area contributed by atoms with Gasteiger partial charge in [-0.05, 0) is 18.9 Å². The number of aromatic nitrogens is 1. The van der Waals surface area contributed by atoms with Gasteiger partial charge in [0.1, 0.15) is 0 Å². The standard InChI is InChI=1S/C13H18N2O3/c1-15-8-9(6-7-12(15)17)13(18)14-10-4-2-3-5-11(10)16/h6-8,10-11,16H,2-5H2,1H3,(H,14,18). The van der Waals surface area contributed by atoms with Crippen LogP contribution in [-0.4, -0.2) is 27.7 Å². The molecule has 0 aliphatic heterocycles. The number of amides is 1. The second kappa shape index (κ2) is 5.35. The monoisotopic (exact) mass is 250 g/mol. The lowest BCUT2D eigenvalue weighted by atomic mass is 9.92. The number of aryl methyl sites for hydroxylation is 1. The van der Waals surface area contributed by atoms with Crippen molar-refractivity contribution in [2.45, 2.75) is 37.8 Å². The van der Waals surface area contributed by atoms with Crippen LogP contribution in [-0.2, 0) is 7.05 Å². The number of carbonyl (C=O) groups is 1. The molecule has 2 rings (SSSR count). The summed E-state index contributed by atoms with van der Waals surface area (Å²) >= 11 is 0. The molecule has 0 aromatic carbocycles. The first-order valence-corrected chi connectivity index (χ1v) is 6.23. The normalized spacial score (nSPS) is 23.7. The highest BCUT2D eigenvalue weighted by Gasteiger charge is 2.24. The van der Waals surface area contributed by atoms with E-state index in [2.05, 4.69) is 5.32 Å². The van der Waals surface area contributed by atoms with Gasteiger partial charge >= 0.3 is 0 Å². The van der Waals surface area contributed by atoms with E-state index in [1.54, 1.807) is 7.05 Å². The Hall–Kier alpha value is -1.62. The van der Waals surface area contributed by atoms with Crippen molar-refractivity contribution < 1.29 is 9.90 Å². The van der Waals surface area contributed by atoms with Crippen molar-refractivity contribution in [2.24, 2.45) is 7.05 Å². The average molecular weight is 250 g/mol. The molecule has 5 heteroatoms. The maximum Gasteiger partial charge on any atom is 0.253 e. The van der Waals surface area contributed by atoms with E-state index in [1.165, 1.54) is 22.9 Å². The van der Waals surface area contributed by atoms with Crippen LogP contribution in [0.2, 0.25) is 0 Å². The minimum absolute atomic E-state index is 0.149. The van der Waals surface area contributed by atoms with Crippen molar-refractivity contribution in [2.75, 3.05) is 0 Å². The molecule has 1 aromatic rings. The zero-order chi connectivity index (χ0) is 13.1. The van der Waals surface area contributed by atoms with Crippen molar-refractivity contribution in [1.82, 2.24) is 9.88 Å². The quantitative estimate of drug-likeness (QED) is 0.799. The lowest BCUT2D eigenvalue weighted by Gasteiger charge is -2.28. The lowest BCUT2D eigenvalue weighted by Crippen LogP contribution is -2.45. The van der Waals surface area contributed by atoms with E-state index in [4.69, 9.17) is 0 Å². The first-order valence-electron chi connectivity index (χ1n) is 6.23. The molecule has 1 aromatic heterocycles. The molecule has 2 N–H and O–H groups in total. The van der Waals surface area contributed by atoms with Crippen LogP contribution in [0.5, 0.6) is 0 Å². The first kappa shape index (κ1) is 12.8. The van der Waals surface area contributed by atoms with E-state index < -0.39 is 6.10 Å². The van der Waals surface area contributed by atoms with Crippen molar-refractivity contribution in [3.05, 3.63) is 34.2 Å². The summed E-state index contributed by atoms with van der Waals surface area (Å²) in [6.45, 7) is 0. The zero-order valence-corrected chi connectivity index (χ0v) is 10.4. The van der Waals surface area contributed by atoms with Crippen LogP contribution in [0.15, 0.2) is 23.1 Å². The van der Waals surface area contributed by atoms with Crippen LogP contribution in [0, 0.1) is 0 Å². The molecule has 1 amide bonds. The maximum absolute atomic E-state index is 12.0. The fourth-order valence-corrected chi connectivity index (χ4v) is 2.26. The molecule has 18 heavy (non-hydrogen) atoms. The molecule has 1 fully saturated rings. The van der Waals surface area contributed by atoms with Crippen LogP contribution in [0.4, 0.5) is 0 Å². The van der Waals surface area contributed by atoms with Gasteiger partial charge in [-0.1, -0.05) is 12.8 Å². The topological polar surface area (TPSA) is 71.3 Å². The van der Waals surface area contributed by atoms with Crippen molar-refractivity contribution in [3.8, 4) is 0 Å². The largest absolute Gasteiger partial charge is 0.391 e. The molecule has 1 aliphatic rings. The number of pyridine rings is 1. The predicted octanol–water partition coefficient (Wildman–Crippen LogP) is 0.419. The SMILES string of the molecule is Cn1cc(C(=O)NC2CCCCC2O)ccc1=O. The highest BCUT2D eigenvalue weighted by atomic mass is 16.3. The van der Waals surface area contributed by atoms with Gasteiger partial charge < -0.3 is 15.0 Å². The summed E-state index contributed by atoms with van der Waals surface area (Å²) in [7, 11) is 1.61. The smallest absolute Gasteiger partial charge is 0.253 e. The first-order chi connectivity index (χ1) is 8.58. The summed E-state index contributed by atoms with van der Waals surface area (Å²) in [4.78, 5) is 23.2. The minimum atomic E-state index is -0.463. The van der Waals surface area contributed by atoms with Gasteiger partial charge in [-0.2, -0.15) is 0 Å². The van der Waals surface area contributed by atoms with E-state index in [0.29, 0.717) is 5.56 Å². The molecule has 2 atom stereocenters. The molecule has 98 valence electrons. The van der Waals surface area contributed by atoms with Crippen LogP contribution in [0.3, 0.4) is 0 Å². The van der Waals surface area contributed by atoms with Gasteiger partial charge in [-0.15, -0.1) is 0 Å². The Kier molecular flexibility index (Phi) is 3.81. The van der Waals surface area contributed by atoms with Gasteiger partial charge in [0.05, 0.1) is 17.7 Å². The third kappa shape index (κ3) is 2.79. The number of rotatable bonds is 2. The summed E-state index contributed by atoms with van der Waals surface area (Å²) < 4.78 is 1.37. The number of nitrogens with one attached hydrogen (secondary N) is 1. The van der Waals surface area contributed by atoms with Gasteiger partial charge in [0.15, 0.2) is 0 Å². The minimum Gasteiger partial charge on any atom is -0.391 e. The van der Waals surface area contributed by atoms with Crippen LogP contribution in [0.25, 0.3) is 0 Å². The van der Waals surface area contributed by atoms with E-state index in [0.717, 1.165) is 25.7 Å². The number of aliphatic hydroxyl groups excluding tert-OH is 1. The summed E-state index contributed by atoms with van der Waals surface area (Å²) in [6.07, 6.45) is 4.61. The van der Waals surface area contributed by atoms with E-state index >= 15 is 0 Å². The van der Waals surface area contributed by atoms with Crippen molar-refractivity contribution in [1.29, 1.82) is 0 Å². The van der Waals surface area contributed by atoms with Gasteiger partial charge in [0.2, 0.25) is 5.56 Å². The zero-order valence-electron chi connectivity index (χ0n) is 10.4. The maximum atomic E-state index is 12.0. The number of hydrogen-bond donors (Lipinski definition) is 2. The number of hydrogen-bond acceptors (Lipinski definition) is 3. The Bertz CT molecular complexity index is 495. The summed E-state index contributed by atoms with van der Waals surface area (Å²) in [5.41, 5.74) is 0.291. The van der Waals surface area contributed by atoms with E-state index in [1.807, 2.05) is 0 Å². The summed E-state index contributed by atoms with van der Waals surface area (Å²) in [6, 6.07) is 2.70. The highest BCUT2D eigenvalue weighted by molar-refractivity contribution is 5.94. The fourth-order valence-electron chi connectivity index (χ4n) is 2.26. The third-order valence-electron chi connectivity index (χ3n) is 3.39. The molecule has 0 spiro atoms. The highest BCUT2D eigenvalue weighted by Crippen LogP contribution is 2.18. The second-order valence-electron chi connectivity index (χ2n) is 4.80. The molecule has 1 aliphatic carbocycles. The third-order valence-corrected chi connectivity index (χ3v) is 3.39. The van der Waals surface area contributed by atoms with E-state index in [9.17, 15) is 14.7 Å². The second-order valence-corrected chi connectivity index (χ2v) is 4.80. The Morgan fingerprint density at radius 2 is 2.11 bits per heavy atom. The van der Waals surface area contributed by atoms with Crippen molar-refractivity contribution >= 4 is 5.91 Å². The van der Waals surface area contributed by atoms with Gasteiger partial charge in [-0.3, -0.25) is 9.59 Å². The summed E-state index contributed by atoms with van der Waals surface area (Å²) in [5, 5.41) is 12.6. The predicted molar refractivity (Wildman–Crippen MR) is 67.4 cm³/mol. The van der Waals surface area contributed by atoms with Crippen LogP contribution in [0.1, 0.15) is 36.0 Å². The van der Waals surface area contributed by atoms with Crippen LogP contribution < -0.4 is 10.9 Å². The molecule has 0 radical (unpaired) electrons. The van der Waals surface area contributed by atoms with Gasteiger partial charge in [0, 0.05) is 19.3 Å². The average Bonchev–Trinajstić information content (AvgIpc) is 2.35. The molecule has 1 saturated carbocycles. The Balaban J connectivity index is 2.07.